The van der Waals surface area contributed by atoms with E-state index in [1.807, 2.05) is 30.3 Å². The number of likely N-dealkylation sites (tertiary alicyclic amines) is 1. The van der Waals surface area contributed by atoms with E-state index < -0.39 is 0 Å². The molecule has 0 spiro atoms. The van der Waals surface area contributed by atoms with Gasteiger partial charge in [-0.15, -0.1) is 0 Å². The Kier molecular flexibility index (Phi) is 2.97. The van der Waals surface area contributed by atoms with Crippen LogP contribution in [-0.4, -0.2) is 22.5 Å². The van der Waals surface area contributed by atoms with Crippen molar-refractivity contribution in [2.75, 3.05) is 11.9 Å². The molecule has 78 valence electrons. The van der Waals surface area contributed by atoms with Crippen LogP contribution in [0.1, 0.15) is 12.8 Å². The molecule has 0 radical (unpaired) electrons. The fourth-order valence-corrected chi connectivity index (χ4v) is 1.89. The molecule has 0 aliphatic carbocycles. The van der Waals surface area contributed by atoms with Gasteiger partial charge in [0.25, 0.3) is 0 Å². The highest BCUT2D eigenvalue weighted by molar-refractivity contribution is 7.80. The summed E-state index contributed by atoms with van der Waals surface area (Å²) in [5.41, 5.74) is 0.803. The van der Waals surface area contributed by atoms with Crippen LogP contribution in [0.2, 0.25) is 0 Å². The van der Waals surface area contributed by atoms with Gasteiger partial charge in [-0.3, -0.25) is 4.90 Å². The topological polar surface area (TPSA) is 32.3 Å². The van der Waals surface area contributed by atoms with Gasteiger partial charge in [-0.25, -0.2) is 4.79 Å². The molecule has 0 atom stereocenters. The van der Waals surface area contributed by atoms with Gasteiger partial charge in [0, 0.05) is 18.7 Å². The second-order valence-electron chi connectivity index (χ2n) is 3.45. The van der Waals surface area contributed by atoms with Crippen molar-refractivity contribution in [2.24, 2.45) is 0 Å². The van der Waals surface area contributed by atoms with Crippen molar-refractivity contribution in [1.82, 2.24) is 4.90 Å². The molecule has 1 N–H and O–H groups in total. The molecule has 1 aromatic carbocycles. The summed E-state index contributed by atoms with van der Waals surface area (Å²) in [4.78, 5) is 14.1. The Bertz CT molecular complexity index is 377. The van der Waals surface area contributed by atoms with Crippen LogP contribution >= 0.6 is 12.2 Å². The van der Waals surface area contributed by atoms with E-state index >= 15 is 0 Å². The summed E-state index contributed by atoms with van der Waals surface area (Å²) in [6.45, 7) is 0.734. The van der Waals surface area contributed by atoms with Gasteiger partial charge in [0.05, 0.1) is 4.99 Å². The minimum atomic E-state index is -0.122. The Morgan fingerprint density at radius 3 is 2.67 bits per heavy atom. The molecule has 0 unspecified atom stereocenters. The lowest BCUT2D eigenvalue weighted by Gasteiger charge is -2.16. The number of thiocarbonyl (C=S) groups is 1. The highest BCUT2D eigenvalue weighted by Crippen LogP contribution is 2.14. The van der Waals surface area contributed by atoms with Gasteiger partial charge in [-0.2, -0.15) is 0 Å². The lowest BCUT2D eigenvalue weighted by molar-refractivity contribution is 0.236. The molecule has 2 rings (SSSR count). The van der Waals surface area contributed by atoms with Crippen LogP contribution < -0.4 is 5.32 Å². The zero-order valence-corrected chi connectivity index (χ0v) is 9.09. The van der Waals surface area contributed by atoms with E-state index in [-0.39, 0.29) is 6.03 Å². The Morgan fingerprint density at radius 2 is 2.07 bits per heavy atom. The highest BCUT2D eigenvalue weighted by Gasteiger charge is 2.22. The van der Waals surface area contributed by atoms with E-state index in [0.29, 0.717) is 0 Å². The SMILES string of the molecule is O=C(Nc1ccccc1)N1CCCC1=S. The van der Waals surface area contributed by atoms with E-state index in [1.54, 1.807) is 4.90 Å². The van der Waals surface area contributed by atoms with Crippen LogP contribution in [0.5, 0.6) is 0 Å². The Morgan fingerprint density at radius 1 is 1.33 bits per heavy atom. The van der Waals surface area contributed by atoms with Crippen molar-refractivity contribution in [1.29, 1.82) is 0 Å². The number of rotatable bonds is 1. The largest absolute Gasteiger partial charge is 0.326 e. The number of amides is 2. The predicted octanol–water partition coefficient (Wildman–Crippen LogP) is 2.64. The Hall–Kier alpha value is -1.42. The third-order valence-corrected chi connectivity index (χ3v) is 2.77. The van der Waals surface area contributed by atoms with Crippen molar-refractivity contribution < 1.29 is 4.79 Å². The molecule has 0 aromatic heterocycles. The van der Waals surface area contributed by atoms with Gasteiger partial charge in [-0.1, -0.05) is 30.4 Å². The fraction of sp³-hybridized carbons (Fsp3) is 0.273. The first-order valence-corrected chi connectivity index (χ1v) is 5.34. The zero-order valence-electron chi connectivity index (χ0n) is 8.27. The number of urea groups is 1. The molecule has 1 heterocycles. The van der Waals surface area contributed by atoms with Crippen molar-refractivity contribution >= 4 is 28.9 Å². The van der Waals surface area contributed by atoms with Gasteiger partial charge in [-0.05, 0) is 18.6 Å². The van der Waals surface area contributed by atoms with Crippen LogP contribution in [0, 0.1) is 0 Å². The lowest BCUT2D eigenvalue weighted by atomic mass is 10.3. The van der Waals surface area contributed by atoms with Crippen LogP contribution in [0.3, 0.4) is 0 Å². The smallest absolute Gasteiger partial charge is 0.308 e. The minimum absolute atomic E-state index is 0.122. The number of hydrogen-bond donors (Lipinski definition) is 1. The molecule has 15 heavy (non-hydrogen) atoms. The summed E-state index contributed by atoms with van der Waals surface area (Å²) in [7, 11) is 0. The van der Waals surface area contributed by atoms with Crippen LogP contribution in [0.25, 0.3) is 0 Å². The van der Waals surface area contributed by atoms with Gasteiger partial charge in [0.15, 0.2) is 0 Å². The first kappa shape index (κ1) is 10.1. The number of nitrogens with zero attached hydrogens (tertiary/aromatic N) is 1. The zero-order chi connectivity index (χ0) is 10.7. The molecule has 1 saturated heterocycles. The maximum absolute atomic E-state index is 11.8. The average molecular weight is 220 g/mol. The maximum Gasteiger partial charge on any atom is 0.326 e. The number of para-hydroxylation sites is 1. The summed E-state index contributed by atoms with van der Waals surface area (Å²) in [6.07, 6.45) is 1.82. The monoisotopic (exact) mass is 220 g/mol. The summed E-state index contributed by atoms with van der Waals surface area (Å²) in [6, 6.07) is 9.28. The third-order valence-electron chi connectivity index (χ3n) is 2.34. The van der Waals surface area contributed by atoms with Crippen LogP contribution in [-0.2, 0) is 0 Å². The van der Waals surface area contributed by atoms with Gasteiger partial charge < -0.3 is 5.32 Å². The predicted molar refractivity (Wildman–Crippen MR) is 64.0 cm³/mol. The summed E-state index contributed by atoms with van der Waals surface area (Å²) in [5, 5.41) is 2.81. The number of benzene rings is 1. The van der Waals surface area contributed by atoms with Crippen molar-refractivity contribution in [2.45, 2.75) is 12.8 Å². The number of anilines is 1. The number of hydrogen-bond acceptors (Lipinski definition) is 2. The average Bonchev–Trinajstić information content (AvgIpc) is 2.66. The van der Waals surface area contributed by atoms with E-state index in [4.69, 9.17) is 12.2 Å². The normalized spacial score (nSPS) is 15.5. The second-order valence-corrected chi connectivity index (χ2v) is 3.92. The molecule has 1 aliphatic rings. The molecule has 3 nitrogen and oxygen atoms in total. The molecular formula is C11H12N2OS. The molecule has 4 heteroatoms. The number of nitrogens with one attached hydrogen (secondary N) is 1. The maximum atomic E-state index is 11.8. The molecule has 0 saturated carbocycles. The minimum Gasteiger partial charge on any atom is -0.308 e. The van der Waals surface area contributed by atoms with Crippen LogP contribution in [0.4, 0.5) is 10.5 Å². The molecular weight excluding hydrogens is 208 g/mol. The molecule has 1 fully saturated rings. The van der Waals surface area contributed by atoms with E-state index in [0.717, 1.165) is 30.1 Å². The number of carbonyl (C=O) groups excluding carboxylic acids is 1. The number of carbonyl (C=O) groups is 1. The quantitative estimate of drug-likeness (QED) is 0.738. The Balaban J connectivity index is 2.01. The first-order valence-electron chi connectivity index (χ1n) is 4.94. The molecule has 1 aliphatic heterocycles. The van der Waals surface area contributed by atoms with Crippen molar-refractivity contribution in [3.8, 4) is 0 Å². The summed E-state index contributed by atoms with van der Waals surface area (Å²) >= 11 is 5.10. The molecule has 1 aromatic rings. The van der Waals surface area contributed by atoms with E-state index in [9.17, 15) is 4.79 Å². The first-order chi connectivity index (χ1) is 7.27. The van der Waals surface area contributed by atoms with Gasteiger partial charge in [0.1, 0.15) is 0 Å². The summed E-state index contributed by atoms with van der Waals surface area (Å²) in [5.74, 6) is 0. The van der Waals surface area contributed by atoms with E-state index in [2.05, 4.69) is 5.32 Å². The van der Waals surface area contributed by atoms with Crippen LogP contribution in [0.15, 0.2) is 30.3 Å². The van der Waals surface area contributed by atoms with Crippen molar-refractivity contribution in [3.63, 3.8) is 0 Å². The lowest BCUT2D eigenvalue weighted by Crippen LogP contribution is -2.34. The second kappa shape index (κ2) is 4.40. The van der Waals surface area contributed by atoms with Crippen molar-refractivity contribution in [3.05, 3.63) is 30.3 Å². The highest BCUT2D eigenvalue weighted by atomic mass is 32.1. The standard InChI is InChI=1S/C11H12N2OS/c14-11(13-8-4-7-10(13)15)12-9-5-2-1-3-6-9/h1-3,5-6H,4,7-8H2,(H,12,14). The molecule has 2 amide bonds. The Labute approximate surface area is 94.1 Å². The third kappa shape index (κ3) is 2.33. The van der Waals surface area contributed by atoms with Gasteiger partial charge >= 0.3 is 6.03 Å². The fourth-order valence-electron chi connectivity index (χ4n) is 1.58. The van der Waals surface area contributed by atoms with Gasteiger partial charge in [0.2, 0.25) is 0 Å². The molecule has 0 bridgehead atoms. The summed E-state index contributed by atoms with van der Waals surface area (Å²) < 4.78 is 0. The van der Waals surface area contributed by atoms with E-state index in [1.165, 1.54) is 0 Å².